The summed E-state index contributed by atoms with van der Waals surface area (Å²) in [5.41, 5.74) is -1.87. The molecule has 240 valence electrons. The number of carbonyl (C=O) groups is 2. The fraction of sp³-hybridized carbons (Fsp3) is 0.622. The largest absolute Gasteiger partial charge is 0.462 e. The molecule has 1 aromatic carbocycles. The van der Waals surface area contributed by atoms with Gasteiger partial charge in [-0.2, -0.15) is 0 Å². The number of fused-ring (bicyclic) bond motifs is 1. The van der Waals surface area contributed by atoms with Crippen LogP contribution in [-0.4, -0.2) is 31.8 Å². The first-order valence-electron chi connectivity index (χ1n) is 16.9. The summed E-state index contributed by atoms with van der Waals surface area (Å²) in [5.74, 6) is 0.681. The molecule has 45 heavy (non-hydrogen) atoms. The number of para-hydroxylation sites is 1. The van der Waals surface area contributed by atoms with Gasteiger partial charge in [0.1, 0.15) is 6.10 Å². The van der Waals surface area contributed by atoms with Crippen molar-refractivity contribution in [2.24, 2.45) is 40.4 Å². The molecule has 2 aliphatic heterocycles. The van der Waals surface area contributed by atoms with E-state index >= 15 is 0 Å². The molecular formula is C37H47N3O5. The number of ketones is 1. The van der Waals surface area contributed by atoms with Crippen LogP contribution in [0.1, 0.15) is 86.5 Å². The Balaban J connectivity index is 1.43. The van der Waals surface area contributed by atoms with Crippen LogP contribution >= 0.6 is 0 Å². The zero-order chi connectivity index (χ0) is 32.1. The summed E-state index contributed by atoms with van der Waals surface area (Å²) < 4.78 is 10.8. The zero-order valence-electron chi connectivity index (χ0n) is 27.5. The van der Waals surface area contributed by atoms with Crippen molar-refractivity contribution in [3.8, 4) is 5.69 Å². The van der Waals surface area contributed by atoms with Crippen molar-refractivity contribution >= 4 is 11.8 Å². The highest BCUT2D eigenvalue weighted by molar-refractivity contribution is 5.91. The molecule has 3 heterocycles. The van der Waals surface area contributed by atoms with Crippen LogP contribution in [0, 0.1) is 40.4 Å². The van der Waals surface area contributed by atoms with Gasteiger partial charge < -0.3 is 4.74 Å². The molecule has 3 saturated carbocycles. The lowest BCUT2D eigenvalue weighted by Crippen LogP contribution is -2.76. The van der Waals surface area contributed by atoms with Crippen LogP contribution in [0.4, 0.5) is 0 Å². The minimum atomic E-state index is -0.785. The Hall–Kier alpha value is -3.42. The predicted molar refractivity (Wildman–Crippen MR) is 172 cm³/mol. The summed E-state index contributed by atoms with van der Waals surface area (Å²) in [6.07, 6.45) is 14.1. The highest BCUT2D eigenvalue weighted by Crippen LogP contribution is 2.74. The first-order valence-corrected chi connectivity index (χ1v) is 16.9. The van der Waals surface area contributed by atoms with Gasteiger partial charge >= 0.3 is 17.3 Å². The molecule has 0 N–H and O–H groups in total. The van der Waals surface area contributed by atoms with E-state index in [0.29, 0.717) is 18.0 Å². The van der Waals surface area contributed by atoms with Crippen LogP contribution in [0.25, 0.3) is 5.69 Å². The van der Waals surface area contributed by atoms with Crippen LogP contribution in [0.3, 0.4) is 0 Å². The summed E-state index contributed by atoms with van der Waals surface area (Å²) in [6, 6.07) is 9.24. The van der Waals surface area contributed by atoms with Gasteiger partial charge in [0.05, 0.1) is 16.8 Å². The molecule has 8 rings (SSSR count). The minimum Gasteiger partial charge on any atom is -0.462 e. The van der Waals surface area contributed by atoms with Gasteiger partial charge in [0.15, 0.2) is 5.78 Å². The lowest BCUT2D eigenvalue weighted by molar-refractivity contribution is -0.204. The Labute approximate surface area is 265 Å². The smallest absolute Gasteiger partial charge is 0.352 e. The van der Waals surface area contributed by atoms with Crippen LogP contribution < -0.4 is 11.4 Å². The monoisotopic (exact) mass is 613 g/mol. The van der Waals surface area contributed by atoms with E-state index in [1.165, 1.54) is 11.5 Å². The highest BCUT2D eigenvalue weighted by atomic mass is 16.5. The molecule has 2 bridgehead atoms. The number of nitrogens with zero attached hydrogens (tertiary/aromatic N) is 3. The first-order chi connectivity index (χ1) is 21.3. The number of aromatic nitrogens is 3. The summed E-state index contributed by atoms with van der Waals surface area (Å²) in [7, 11) is 0. The molecule has 4 aliphatic carbocycles. The molecule has 1 aromatic heterocycles. The van der Waals surface area contributed by atoms with Gasteiger partial charge in [-0.1, -0.05) is 71.0 Å². The summed E-state index contributed by atoms with van der Waals surface area (Å²) in [5, 5.41) is 0. The van der Waals surface area contributed by atoms with Gasteiger partial charge in [0.2, 0.25) is 0 Å². The summed E-state index contributed by atoms with van der Waals surface area (Å²) in [6.45, 7) is 12.3. The molecular weight excluding hydrogens is 566 g/mol. The second-order valence-corrected chi connectivity index (χ2v) is 15.5. The molecule has 8 heteroatoms. The molecule has 9 atom stereocenters. The summed E-state index contributed by atoms with van der Waals surface area (Å²) >= 11 is 0. The number of allylic oxidation sites excluding steroid dienone is 4. The Kier molecular flexibility index (Phi) is 6.75. The second kappa shape index (κ2) is 10.0. The number of rotatable bonds is 6. The van der Waals surface area contributed by atoms with Gasteiger partial charge in [-0.25, -0.2) is 23.5 Å². The minimum absolute atomic E-state index is 0.0292. The van der Waals surface area contributed by atoms with E-state index in [9.17, 15) is 19.2 Å². The quantitative estimate of drug-likeness (QED) is 0.235. The number of ether oxygens (including phenoxy) is 1. The average molecular weight is 614 g/mol. The maximum Gasteiger partial charge on any atom is 0.352 e. The van der Waals surface area contributed by atoms with Gasteiger partial charge in [0.25, 0.3) is 0 Å². The van der Waals surface area contributed by atoms with E-state index in [2.05, 4.69) is 39.0 Å². The van der Waals surface area contributed by atoms with E-state index in [1.54, 1.807) is 10.8 Å². The van der Waals surface area contributed by atoms with Crippen LogP contribution in [0.2, 0.25) is 0 Å². The third-order valence-electron chi connectivity index (χ3n) is 13.2. The number of esters is 1. The Morgan fingerprint density at radius 1 is 0.911 bits per heavy atom. The van der Waals surface area contributed by atoms with Crippen molar-refractivity contribution in [2.45, 2.75) is 104 Å². The van der Waals surface area contributed by atoms with Crippen LogP contribution in [-0.2, 0) is 25.4 Å². The molecule has 8 nitrogen and oxygen atoms in total. The van der Waals surface area contributed by atoms with Crippen molar-refractivity contribution in [3.05, 3.63) is 75.6 Å². The predicted octanol–water partition coefficient (Wildman–Crippen LogP) is 5.76. The SMILES string of the molecule is CC(=O)OC1CC[C@]2(C)C3CC[C@@]4(C)C(CC[C@@H]4[C@H](C)C=CC(=O)C(C)C)C34C=CC2(C1)n1c(=O)n(-c2ccccc2)c(=O)n14. The zero-order valence-corrected chi connectivity index (χ0v) is 27.5. The van der Waals surface area contributed by atoms with Crippen molar-refractivity contribution in [1.82, 2.24) is 13.9 Å². The lowest BCUT2D eigenvalue weighted by atomic mass is 9.40. The van der Waals surface area contributed by atoms with Crippen molar-refractivity contribution in [3.63, 3.8) is 0 Å². The number of carbonyl (C=O) groups excluding carboxylic acids is 2. The Morgan fingerprint density at radius 3 is 2.31 bits per heavy atom. The van der Waals surface area contributed by atoms with E-state index in [0.717, 1.165) is 38.5 Å². The van der Waals surface area contributed by atoms with Crippen molar-refractivity contribution in [2.75, 3.05) is 0 Å². The number of hydrogen-bond donors (Lipinski definition) is 0. The highest BCUT2D eigenvalue weighted by Gasteiger charge is 2.75. The van der Waals surface area contributed by atoms with Crippen LogP contribution in [0.5, 0.6) is 0 Å². The van der Waals surface area contributed by atoms with E-state index < -0.39 is 11.1 Å². The van der Waals surface area contributed by atoms with E-state index in [-0.39, 0.29) is 63.7 Å². The second-order valence-electron chi connectivity index (χ2n) is 15.5. The summed E-state index contributed by atoms with van der Waals surface area (Å²) in [4.78, 5) is 54.1. The fourth-order valence-electron chi connectivity index (χ4n) is 11.2. The van der Waals surface area contributed by atoms with Gasteiger partial charge in [-0.3, -0.25) is 9.59 Å². The third-order valence-corrected chi connectivity index (χ3v) is 13.2. The molecule has 0 amide bonds. The Bertz CT molecular complexity index is 1730. The first kappa shape index (κ1) is 30.2. The molecule has 2 spiro atoms. The molecule has 6 aliphatic rings. The van der Waals surface area contributed by atoms with Crippen LogP contribution in [0.15, 0.2) is 64.2 Å². The van der Waals surface area contributed by atoms with E-state index in [4.69, 9.17) is 4.74 Å². The Morgan fingerprint density at radius 2 is 1.62 bits per heavy atom. The molecule has 0 radical (unpaired) electrons. The maximum atomic E-state index is 14.8. The van der Waals surface area contributed by atoms with Crippen molar-refractivity contribution < 1.29 is 14.3 Å². The molecule has 3 fully saturated rings. The number of benzene rings is 1. The van der Waals surface area contributed by atoms with E-state index in [1.807, 2.05) is 48.9 Å². The van der Waals surface area contributed by atoms with Gasteiger partial charge in [-0.15, -0.1) is 0 Å². The molecule has 0 saturated heterocycles. The van der Waals surface area contributed by atoms with Gasteiger partial charge in [-0.05, 0) is 85.8 Å². The fourth-order valence-corrected chi connectivity index (χ4v) is 11.2. The number of hydrogen-bond acceptors (Lipinski definition) is 5. The average Bonchev–Trinajstić information content (AvgIpc) is 3.50. The van der Waals surface area contributed by atoms with Gasteiger partial charge in [0, 0.05) is 24.7 Å². The maximum absolute atomic E-state index is 14.8. The normalized spacial score (nSPS) is 38.5. The molecule has 2 aromatic rings. The lowest BCUT2D eigenvalue weighted by Gasteiger charge is -2.71. The standard InChI is InChI=1S/C37H47N3O5/c1-23(2)29(42)14-12-24(3)28-13-15-30-34(28,5)18-17-31-35(6)19-16-27(45-25(4)41)22-36(35)20-21-37(30,31)40-33(44)38(32(43)39(36)40)26-10-8-7-9-11-26/h7-12,14,20-21,23-24,27-28,30-31H,13,15-19,22H2,1-6H3/t24-,27?,28-,30?,31?,34-,35-,36?,37?/m1/s1. The molecule has 5 unspecified atom stereocenters. The third kappa shape index (κ3) is 3.83. The topological polar surface area (TPSA) is 92.3 Å². The van der Waals surface area contributed by atoms with Crippen molar-refractivity contribution in [1.29, 1.82) is 0 Å².